The van der Waals surface area contributed by atoms with Crippen molar-refractivity contribution in [3.8, 4) is 0 Å². The number of hydrogen-bond acceptors (Lipinski definition) is 3. The average molecular weight is 238 g/mol. The fourth-order valence-electron chi connectivity index (χ4n) is 2.66. The second kappa shape index (κ2) is 5.67. The first kappa shape index (κ1) is 12.6. The van der Waals surface area contributed by atoms with Crippen LogP contribution in [0.2, 0.25) is 0 Å². The topological polar surface area (TPSA) is 38.8 Å². The van der Waals surface area contributed by atoms with E-state index in [0.717, 1.165) is 12.3 Å². The minimum absolute atomic E-state index is 0.292. The summed E-state index contributed by atoms with van der Waals surface area (Å²) < 4.78 is 10.8. The number of carbonyl (C=O) groups excluding carboxylic acids is 1. The van der Waals surface area contributed by atoms with Gasteiger partial charge in [-0.15, -0.1) is 0 Å². The van der Waals surface area contributed by atoms with Crippen LogP contribution in [0.25, 0.3) is 0 Å². The van der Waals surface area contributed by atoms with Crippen LogP contribution in [-0.4, -0.2) is 24.8 Å². The third kappa shape index (κ3) is 3.56. The Balaban J connectivity index is 1.60. The number of hydrogen-bond donors (Lipinski definition) is 0. The van der Waals surface area contributed by atoms with Gasteiger partial charge in [-0.1, -0.05) is 25.8 Å². The highest BCUT2D eigenvalue weighted by Crippen LogP contribution is 2.39. The third-order valence-electron chi connectivity index (χ3n) is 3.72. The predicted molar refractivity (Wildman–Crippen MR) is 65.6 cm³/mol. The SMILES string of the molecule is C=C(C)C(=O)OCCC1OC1C1CCCCC1. The van der Waals surface area contributed by atoms with Gasteiger partial charge in [0.1, 0.15) is 0 Å². The molecule has 1 heterocycles. The first-order valence-electron chi connectivity index (χ1n) is 6.66. The van der Waals surface area contributed by atoms with E-state index < -0.39 is 0 Å². The second-order valence-electron chi connectivity index (χ2n) is 5.24. The molecular formula is C14H22O3. The van der Waals surface area contributed by atoms with Crippen molar-refractivity contribution in [1.29, 1.82) is 0 Å². The Bertz CT molecular complexity index is 292. The molecular weight excluding hydrogens is 216 g/mol. The maximum Gasteiger partial charge on any atom is 0.333 e. The molecule has 0 aromatic rings. The van der Waals surface area contributed by atoms with Crippen LogP contribution in [0.4, 0.5) is 0 Å². The van der Waals surface area contributed by atoms with Gasteiger partial charge in [-0.3, -0.25) is 0 Å². The lowest BCUT2D eigenvalue weighted by atomic mass is 9.85. The normalized spacial score (nSPS) is 28.8. The molecule has 1 saturated carbocycles. The van der Waals surface area contributed by atoms with E-state index >= 15 is 0 Å². The molecule has 0 amide bonds. The van der Waals surface area contributed by atoms with Crippen molar-refractivity contribution in [3.05, 3.63) is 12.2 Å². The zero-order chi connectivity index (χ0) is 12.3. The minimum atomic E-state index is -0.292. The van der Waals surface area contributed by atoms with Crippen molar-refractivity contribution in [3.63, 3.8) is 0 Å². The van der Waals surface area contributed by atoms with Crippen LogP contribution in [0, 0.1) is 5.92 Å². The maximum atomic E-state index is 11.2. The molecule has 0 radical (unpaired) electrons. The fraction of sp³-hybridized carbons (Fsp3) is 0.786. The van der Waals surface area contributed by atoms with Crippen molar-refractivity contribution in [2.75, 3.05) is 6.61 Å². The maximum absolute atomic E-state index is 11.2. The molecule has 0 bridgehead atoms. The van der Waals surface area contributed by atoms with E-state index in [0.29, 0.717) is 24.4 Å². The second-order valence-corrected chi connectivity index (χ2v) is 5.24. The summed E-state index contributed by atoms with van der Waals surface area (Å²) in [5.74, 6) is 0.463. The van der Waals surface area contributed by atoms with E-state index in [9.17, 15) is 4.79 Å². The molecule has 1 aliphatic carbocycles. The van der Waals surface area contributed by atoms with Gasteiger partial charge in [0.2, 0.25) is 0 Å². The van der Waals surface area contributed by atoms with Crippen LogP contribution < -0.4 is 0 Å². The lowest BCUT2D eigenvalue weighted by molar-refractivity contribution is -0.139. The van der Waals surface area contributed by atoms with Crippen LogP contribution in [0.5, 0.6) is 0 Å². The van der Waals surface area contributed by atoms with Gasteiger partial charge < -0.3 is 9.47 Å². The summed E-state index contributed by atoms with van der Waals surface area (Å²) in [6, 6.07) is 0. The molecule has 3 nitrogen and oxygen atoms in total. The lowest BCUT2D eigenvalue weighted by Crippen LogP contribution is -2.16. The first-order valence-corrected chi connectivity index (χ1v) is 6.66. The van der Waals surface area contributed by atoms with E-state index in [-0.39, 0.29) is 5.97 Å². The molecule has 0 spiro atoms. The predicted octanol–water partition coefficient (Wildman–Crippen LogP) is 2.84. The Hall–Kier alpha value is -0.830. The number of epoxide rings is 1. The van der Waals surface area contributed by atoms with E-state index in [1.165, 1.54) is 32.1 Å². The molecule has 2 rings (SSSR count). The minimum Gasteiger partial charge on any atom is -0.462 e. The van der Waals surface area contributed by atoms with Gasteiger partial charge in [0.15, 0.2) is 0 Å². The smallest absolute Gasteiger partial charge is 0.333 e. The van der Waals surface area contributed by atoms with Crippen LogP contribution in [0.1, 0.15) is 45.4 Å². The van der Waals surface area contributed by atoms with Gasteiger partial charge in [-0.05, 0) is 25.7 Å². The zero-order valence-corrected chi connectivity index (χ0v) is 10.6. The van der Waals surface area contributed by atoms with Crippen LogP contribution in [-0.2, 0) is 14.3 Å². The Kier molecular flexibility index (Phi) is 4.21. The summed E-state index contributed by atoms with van der Waals surface area (Å²) >= 11 is 0. The first-order chi connectivity index (χ1) is 8.18. The molecule has 17 heavy (non-hydrogen) atoms. The molecule has 1 saturated heterocycles. The van der Waals surface area contributed by atoms with Crippen molar-refractivity contribution < 1.29 is 14.3 Å². The third-order valence-corrected chi connectivity index (χ3v) is 3.72. The number of esters is 1. The zero-order valence-electron chi connectivity index (χ0n) is 10.6. The van der Waals surface area contributed by atoms with Gasteiger partial charge in [0, 0.05) is 12.0 Å². The highest BCUT2D eigenvalue weighted by molar-refractivity contribution is 5.86. The Morgan fingerprint density at radius 3 is 2.71 bits per heavy atom. The highest BCUT2D eigenvalue weighted by atomic mass is 16.6. The standard InChI is InChI=1S/C14H22O3/c1-10(2)14(15)16-9-8-12-13(17-12)11-6-4-3-5-7-11/h11-13H,1,3-9H2,2H3. The molecule has 0 aromatic carbocycles. The Morgan fingerprint density at radius 1 is 1.35 bits per heavy atom. The van der Waals surface area contributed by atoms with Gasteiger partial charge >= 0.3 is 5.97 Å². The van der Waals surface area contributed by atoms with Gasteiger partial charge in [0.05, 0.1) is 18.8 Å². The molecule has 2 unspecified atom stereocenters. The number of carbonyl (C=O) groups is 1. The van der Waals surface area contributed by atoms with Crippen LogP contribution in [0.15, 0.2) is 12.2 Å². The quantitative estimate of drug-likeness (QED) is 0.420. The molecule has 2 fully saturated rings. The monoisotopic (exact) mass is 238 g/mol. The van der Waals surface area contributed by atoms with Crippen LogP contribution >= 0.6 is 0 Å². The summed E-state index contributed by atoms with van der Waals surface area (Å²) in [6.45, 7) is 5.68. The Morgan fingerprint density at radius 2 is 2.06 bits per heavy atom. The average Bonchev–Trinajstić information content (AvgIpc) is 3.09. The van der Waals surface area contributed by atoms with Gasteiger partial charge in [0.25, 0.3) is 0 Å². The van der Waals surface area contributed by atoms with E-state index in [1.807, 2.05) is 0 Å². The van der Waals surface area contributed by atoms with Crippen LogP contribution in [0.3, 0.4) is 0 Å². The number of ether oxygens (including phenoxy) is 2. The van der Waals surface area contributed by atoms with E-state index in [2.05, 4.69) is 6.58 Å². The molecule has 2 aliphatic rings. The fourth-order valence-corrected chi connectivity index (χ4v) is 2.66. The number of rotatable bonds is 5. The van der Waals surface area contributed by atoms with Crippen molar-refractivity contribution in [2.24, 2.45) is 5.92 Å². The molecule has 2 atom stereocenters. The van der Waals surface area contributed by atoms with Gasteiger partial charge in [-0.25, -0.2) is 4.79 Å². The highest BCUT2D eigenvalue weighted by Gasteiger charge is 2.44. The Labute approximate surface area is 103 Å². The summed E-state index contributed by atoms with van der Waals surface area (Å²) in [5, 5.41) is 0. The largest absolute Gasteiger partial charge is 0.462 e. The van der Waals surface area contributed by atoms with E-state index in [1.54, 1.807) is 6.92 Å². The summed E-state index contributed by atoms with van der Waals surface area (Å²) in [6.07, 6.45) is 8.31. The van der Waals surface area contributed by atoms with Gasteiger partial charge in [-0.2, -0.15) is 0 Å². The van der Waals surface area contributed by atoms with Crippen molar-refractivity contribution in [1.82, 2.24) is 0 Å². The molecule has 0 aromatic heterocycles. The van der Waals surface area contributed by atoms with E-state index in [4.69, 9.17) is 9.47 Å². The lowest BCUT2D eigenvalue weighted by Gasteiger charge is -2.19. The molecule has 1 aliphatic heterocycles. The molecule has 3 heteroatoms. The summed E-state index contributed by atoms with van der Waals surface area (Å²) in [4.78, 5) is 11.2. The molecule has 96 valence electrons. The summed E-state index contributed by atoms with van der Waals surface area (Å²) in [5.41, 5.74) is 0.463. The summed E-state index contributed by atoms with van der Waals surface area (Å²) in [7, 11) is 0. The molecule has 0 N–H and O–H groups in total. The van der Waals surface area contributed by atoms with Crippen molar-refractivity contribution in [2.45, 2.75) is 57.7 Å². The van der Waals surface area contributed by atoms with Crippen molar-refractivity contribution >= 4 is 5.97 Å².